The summed E-state index contributed by atoms with van der Waals surface area (Å²) in [5, 5.41) is 8.77. The highest BCUT2D eigenvalue weighted by Crippen LogP contribution is 2.21. The molecule has 2 aromatic carbocycles. The summed E-state index contributed by atoms with van der Waals surface area (Å²) in [5.74, 6) is -0.504. The number of pyridine rings is 1. The van der Waals surface area contributed by atoms with Crippen molar-refractivity contribution in [2.45, 2.75) is 12.2 Å². The first-order chi connectivity index (χ1) is 16.5. The van der Waals surface area contributed by atoms with Crippen molar-refractivity contribution in [1.82, 2.24) is 24.9 Å². The number of H-pyrrole nitrogens is 1. The maximum Gasteiger partial charge on any atom is 0.258 e. The average molecular weight is 463 g/mol. The number of halogens is 1. The number of methoxy groups -OCH3 is 2. The highest BCUT2D eigenvalue weighted by Gasteiger charge is 2.35. The predicted molar refractivity (Wildman–Crippen MR) is 122 cm³/mol. The van der Waals surface area contributed by atoms with Crippen LogP contribution in [0.1, 0.15) is 10.4 Å². The zero-order valence-electron chi connectivity index (χ0n) is 18.6. The molecule has 10 heteroatoms. The summed E-state index contributed by atoms with van der Waals surface area (Å²) in [4.78, 5) is 29.8. The van der Waals surface area contributed by atoms with Gasteiger partial charge < -0.3 is 19.4 Å². The summed E-state index contributed by atoms with van der Waals surface area (Å²) < 4.78 is 25.9. The number of carbonyl (C=O) groups excluding carboxylic acids is 1. The van der Waals surface area contributed by atoms with Gasteiger partial charge in [-0.2, -0.15) is 0 Å². The average Bonchev–Trinajstić information content (AvgIpc) is 3.51. The van der Waals surface area contributed by atoms with Gasteiger partial charge in [0, 0.05) is 43.8 Å². The molecule has 5 rings (SSSR count). The Bertz CT molecular complexity index is 1400. The van der Waals surface area contributed by atoms with Crippen molar-refractivity contribution in [1.29, 1.82) is 0 Å². The van der Waals surface area contributed by atoms with E-state index < -0.39 is 5.82 Å². The maximum absolute atomic E-state index is 13.6. The topological polar surface area (TPSA) is 102 Å². The number of aromatic nitrogens is 4. The number of nitrogens with one attached hydrogen (secondary N) is 1. The summed E-state index contributed by atoms with van der Waals surface area (Å²) in [5.41, 5.74) is 2.02. The van der Waals surface area contributed by atoms with Gasteiger partial charge in [0.2, 0.25) is 0 Å². The number of carbonyl (C=O) groups is 1. The minimum Gasteiger partial charge on any atom is -0.377 e. The summed E-state index contributed by atoms with van der Waals surface area (Å²) in [6, 6.07) is 12.7. The molecule has 1 saturated heterocycles. The molecule has 0 bridgehead atoms. The molecule has 0 radical (unpaired) electrons. The molecule has 0 aliphatic carbocycles. The van der Waals surface area contributed by atoms with E-state index in [9.17, 15) is 14.0 Å². The number of ether oxygens (including phenoxy) is 2. The maximum atomic E-state index is 13.6. The van der Waals surface area contributed by atoms with Crippen molar-refractivity contribution >= 4 is 16.8 Å². The monoisotopic (exact) mass is 463 g/mol. The first-order valence-corrected chi connectivity index (χ1v) is 10.7. The molecule has 2 aromatic heterocycles. The molecule has 2 atom stereocenters. The van der Waals surface area contributed by atoms with Gasteiger partial charge in [-0.05, 0) is 48.5 Å². The minimum atomic E-state index is -0.395. The fourth-order valence-corrected chi connectivity index (χ4v) is 4.18. The number of nitrogens with zero attached hydrogens (tertiary/aromatic N) is 4. The van der Waals surface area contributed by atoms with E-state index in [-0.39, 0.29) is 29.2 Å². The van der Waals surface area contributed by atoms with Gasteiger partial charge in [0.25, 0.3) is 11.5 Å². The number of aromatic amines is 1. The quantitative estimate of drug-likeness (QED) is 0.488. The molecule has 1 amide bonds. The van der Waals surface area contributed by atoms with Crippen LogP contribution in [0.4, 0.5) is 4.39 Å². The molecular weight excluding hydrogens is 441 g/mol. The Morgan fingerprint density at radius 3 is 2.44 bits per heavy atom. The van der Waals surface area contributed by atoms with Crippen LogP contribution < -0.4 is 5.56 Å². The van der Waals surface area contributed by atoms with Gasteiger partial charge in [0.15, 0.2) is 0 Å². The molecule has 0 unspecified atom stereocenters. The molecule has 3 heterocycles. The molecule has 4 aromatic rings. The van der Waals surface area contributed by atoms with Gasteiger partial charge in [0.05, 0.1) is 17.4 Å². The fourth-order valence-electron chi connectivity index (χ4n) is 4.18. The third-order valence-electron chi connectivity index (χ3n) is 6.06. The Morgan fingerprint density at radius 1 is 1.06 bits per heavy atom. The number of benzene rings is 2. The minimum absolute atomic E-state index is 0.109. The number of fused-ring (bicyclic) bond motifs is 1. The second-order valence-corrected chi connectivity index (χ2v) is 8.10. The number of hydrogen-bond acceptors (Lipinski definition) is 6. The third kappa shape index (κ3) is 3.97. The summed E-state index contributed by atoms with van der Waals surface area (Å²) in [7, 11) is 3.21. The van der Waals surface area contributed by atoms with Gasteiger partial charge in [-0.25, -0.2) is 9.07 Å². The first-order valence-electron chi connectivity index (χ1n) is 10.7. The summed E-state index contributed by atoms with van der Waals surface area (Å²) in [6.45, 7) is 0.929. The van der Waals surface area contributed by atoms with Crippen LogP contribution in [0, 0.1) is 5.82 Å². The first kappa shape index (κ1) is 21.9. The molecule has 0 spiro atoms. The number of hydrogen-bond donors (Lipinski definition) is 1. The molecular formula is C24H22FN5O4. The molecule has 1 N–H and O–H groups in total. The van der Waals surface area contributed by atoms with E-state index in [0.717, 1.165) is 0 Å². The summed E-state index contributed by atoms with van der Waals surface area (Å²) in [6.07, 6.45) is 1.30. The van der Waals surface area contributed by atoms with E-state index in [1.807, 2.05) is 0 Å². The van der Waals surface area contributed by atoms with Crippen LogP contribution in [0.2, 0.25) is 0 Å². The lowest BCUT2D eigenvalue weighted by Crippen LogP contribution is -2.30. The zero-order chi connectivity index (χ0) is 23.8. The van der Waals surface area contributed by atoms with Crippen molar-refractivity contribution in [3.8, 4) is 16.9 Å². The highest BCUT2D eigenvalue weighted by atomic mass is 19.1. The molecule has 1 fully saturated rings. The molecule has 1 aliphatic heterocycles. The molecule has 1 aliphatic rings. The van der Waals surface area contributed by atoms with Crippen LogP contribution in [0.5, 0.6) is 0 Å². The number of rotatable bonds is 5. The van der Waals surface area contributed by atoms with E-state index in [1.165, 1.54) is 22.9 Å². The number of likely N-dealkylation sites (tertiary alicyclic amines) is 1. The van der Waals surface area contributed by atoms with E-state index in [4.69, 9.17) is 9.47 Å². The third-order valence-corrected chi connectivity index (χ3v) is 6.06. The van der Waals surface area contributed by atoms with Crippen molar-refractivity contribution in [3.05, 3.63) is 76.5 Å². The molecule has 34 heavy (non-hydrogen) atoms. The van der Waals surface area contributed by atoms with Crippen LogP contribution in [-0.4, -0.2) is 70.3 Å². The molecule has 9 nitrogen and oxygen atoms in total. The number of amides is 1. The Hall–Kier alpha value is -3.89. The zero-order valence-corrected chi connectivity index (χ0v) is 18.6. The second-order valence-electron chi connectivity index (χ2n) is 8.10. The largest absolute Gasteiger partial charge is 0.377 e. The van der Waals surface area contributed by atoms with Gasteiger partial charge in [0.1, 0.15) is 23.7 Å². The van der Waals surface area contributed by atoms with E-state index >= 15 is 0 Å². The smallest absolute Gasteiger partial charge is 0.258 e. The second kappa shape index (κ2) is 8.81. The van der Waals surface area contributed by atoms with Gasteiger partial charge in [-0.3, -0.25) is 9.59 Å². The Labute approximate surface area is 193 Å². The van der Waals surface area contributed by atoms with E-state index in [1.54, 1.807) is 55.6 Å². The lowest BCUT2D eigenvalue weighted by molar-refractivity contribution is -0.00461. The van der Waals surface area contributed by atoms with Crippen LogP contribution in [0.15, 0.2) is 59.5 Å². The van der Waals surface area contributed by atoms with Crippen LogP contribution in [0.3, 0.4) is 0 Å². The van der Waals surface area contributed by atoms with Gasteiger partial charge >= 0.3 is 0 Å². The van der Waals surface area contributed by atoms with Gasteiger partial charge in [-0.1, -0.05) is 5.21 Å². The van der Waals surface area contributed by atoms with Crippen LogP contribution >= 0.6 is 0 Å². The fraction of sp³-hybridized carbons (Fsp3) is 0.250. The van der Waals surface area contributed by atoms with Crippen LogP contribution in [0.25, 0.3) is 27.8 Å². The van der Waals surface area contributed by atoms with Crippen molar-refractivity contribution < 1.29 is 18.7 Å². The van der Waals surface area contributed by atoms with Gasteiger partial charge in [-0.15, -0.1) is 5.10 Å². The Kier molecular flexibility index (Phi) is 5.68. The van der Waals surface area contributed by atoms with E-state index in [2.05, 4.69) is 15.3 Å². The normalized spacial score (nSPS) is 18.0. The van der Waals surface area contributed by atoms with E-state index in [0.29, 0.717) is 40.9 Å². The SMILES string of the molecule is CO[C@H]1CN(C(=O)c2ccc(-n3cc(-c4cc5cc(F)ccc5[nH]c4=O)nn3)cc2)C[C@H]1OC. The summed E-state index contributed by atoms with van der Waals surface area (Å²) >= 11 is 0. The van der Waals surface area contributed by atoms with Crippen molar-refractivity contribution in [2.75, 3.05) is 27.3 Å². The molecule has 174 valence electrons. The lowest BCUT2D eigenvalue weighted by Gasteiger charge is -2.16. The standard InChI is InChI=1S/C24H22FN5O4/c1-33-21-12-29(13-22(21)34-2)24(32)14-3-6-17(7-4-14)30-11-20(27-28-30)18-10-15-9-16(25)5-8-19(15)26-23(18)31/h3-11,21-22H,12-13H2,1-2H3,(H,26,31)/t21-,22+. The lowest BCUT2D eigenvalue weighted by atomic mass is 10.1. The van der Waals surface area contributed by atoms with Crippen molar-refractivity contribution in [3.63, 3.8) is 0 Å². The Balaban J connectivity index is 1.37. The Morgan fingerprint density at radius 2 is 1.76 bits per heavy atom. The predicted octanol–water partition coefficient (Wildman–Crippen LogP) is 2.40. The highest BCUT2D eigenvalue weighted by molar-refractivity contribution is 5.94. The van der Waals surface area contributed by atoms with Crippen molar-refractivity contribution in [2.24, 2.45) is 0 Å². The van der Waals surface area contributed by atoms with Crippen LogP contribution in [-0.2, 0) is 9.47 Å². The molecule has 0 saturated carbocycles.